The second kappa shape index (κ2) is 6.42. The Kier molecular flexibility index (Phi) is 4.86. The average molecular weight is 342 g/mol. The number of rotatable bonds is 4. The molecule has 0 amide bonds. The van der Waals surface area contributed by atoms with E-state index in [0.717, 1.165) is 15.6 Å². The summed E-state index contributed by atoms with van der Waals surface area (Å²) in [7, 11) is 1.59. The van der Waals surface area contributed by atoms with Gasteiger partial charge in [0.05, 0.1) is 13.2 Å². The predicted molar refractivity (Wildman–Crippen MR) is 80.8 cm³/mol. The van der Waals surface area contributed by atoms with Crippen LogP contribution in [0.5, 0.6) is 5.75 Å². The Morgan fingerprint density at radius 1 is 1.26 bits per heavy atom. The van der Waals surface area contributed by atoms with E-state index < -0.39 is 6.10 Å². The first kappa shape index (κ1) is 14.4. The molecule has 0 aliphatic rings. The van der Waals surface area contributed by atoms with Crippen molar-refractivity contribution in [1.29, 1.82) is 0 Å². The summed E-state index contributed by atoms with van der Waals surface area (Å²) in [5.74, 6) is 0.661. The molecule has 100 valence electrons. The molecule has 2 aromatic carbocycles. The normalized spacial score (nSPS) is 12.2. The molecule has 0 saturated heterocycles. The summed E-state index contributed by atoms with van der Waals surface area (Å²) in [4.78, 5) is 0. The molecular formula is C15H14BrClO2. The van der Waals surface area contributed by atoms with E-state index in [1.54, 1.807) is 7.11 Å². The third-order valence-corrected chi connectivity index (χ3v) is 3.79. The Morgan fingerprint density at radius 2 is 2.00 bits per heavy atom. The summed E-state index contributed by atoms with van der Waals surface area (Å²) in [6.45, 7) is 0. The summed E-state index contributed by atoms with van der Waals surface area (Å²) in [5.41, 5.74) is 1.67. The summed E-state index contributed by atoms with van der Waals surface area (Å²) in [6.07, 6.45) is -0.194. The highest BCUT2D eigenvalue weighted by molar-refractivity contribution is 9.10. The zero-order valence-corrected chi connectivity index (χ0v) is 12.8. The van der Waals surface area contributed by atoms with Gasteiger partial charge in [-0.3, -0.25) is 0 Å². The van der Waals surface area contributed by atoms with Gasteiger partial charge in [0, 0.05) is 21.5 Å². The highest BCUT2D eigenvalue weighted by Gasteiger charge is 2.15. The third-order valence-electron chi connectivity index (χ3n) is 2.93. The molecule has 0 saturated carbocycles. The number of aliphatic hydroxyl groups excluding tert-OH is 1. The molecule has 2 aromatic rings. The van der Waals surface area contributed by atoms with Crippen molar-refractivity contribution in [3.63, 3.8) is 0 Å². The van der Waals surface area contributed by atoms with Crippen molar-refractivity contribution in [1.82, 2.24) is 0 Å². The van der Waals surface area contributed by atoms with Gasteiger partial charge in [-0.25, -0.2) is 0 Å². The van der Waals surface area contributed by atoms with Crippen molar-refractivity contribution in [2.24, 2.45) is 0 Å². The van der Waals surface area contributed by atoms with Crippen LogP contribution < -0.4 is 4.74 Å². The topological polar surface area (TPSA) is 29.5 Å². The smallest absolute Gasteiger partial charge is 0.125 e. The van der Waals surface area contributed by atoms with E-state index in [1.165, 1.54) is 0 Å². The van der Waals surface area contributed by atoms with Crippen LogP contribution in [-0.2, 0) is 6.42 Å². The molecule has 0 aliphatic heterocycles. The average Bonchev–Trinajstić information content (AvgIpc) is 2.41. The second-order valence-electron chi connectivity index (χ2n) is 4.20. The number of hydrogen-bond acceptors (Lipinski definition) is 2. The maximum Gasteiger partial charge on any atom is 0.125 e. The highest BCUT2D eigenvalue weighted by Crippen LogP contribution is 2.31. The lowest BCUT2D eigenvalue weighted by Gasteiger charge is -2.15. The molecule has 1 atom stereocenters. The molecule has 0 radical (unpaired) electrons. The Hall–Kier alpha value is -1.03. The van der Waals surface area contributed by atoms with Crippen LogP contribution in [0.3, 0.4) is 0 Å². The lowest BCUT2D eigenvalue weighted by Crippen LogP contribution is -2.04. The van der Waals surface area contributed by atoms with Crippen LogP contribution in [0.25, 0.3) is 0 Å². The summed E-state index contributed by atoms with van der Waals surface area (Å²) >= 11 is 9.49. The fourth-order valence-corrected chi connectivity index (χ4v) is 2.50. The van der Waals surface area contributed by atoms with Gasteiger partial charge in [-0.15, -0.1) is 0 Å². The van der Waals surface area contributed by atoms with Crippen molar-refractivity contribution in [3.8, 4) is 5.75 Å². The molecule has 19 heavy (non-hydrogen) atoms. The van der Waals surface area contributed by atoms with E-state index in [4.69, 9.17) is 16.3 Å². The summed E-state index contributed by atoms with van der Waals surface area (Å²) in [5, 5.41) is 11.0. The first-order chi connectivity index (χ1) is 9.11. The Balaban J connectivity index is 2.25. The van der Waals surface area contributed by atoms with E-state index in [0.29, 0.717) is 17.2 Å². The Labute approximate surface area is 126 Å². The van der Waals surface area contributed by atoms with Gasteiger partial charge in [-0.1, -0.05) is 51.8 Å². The molecule has 0 aromatic heterocycles. The monoisotopic (exact) mass is 340 g/mol. The predicted octanol–water partition coefficient (Wildman–Crippen LogP) is 4.39. The SMILES string of the molecule is COc1cc(Br)ccc1C(O)Cc1ccccc1Cl. The zero-order chi connectivity index (χ0) is 13.8. The van der Waals surface area contributed by atoms with Crippen LogP contribution in [0.1, 0.15) is 17.2 Å². The number of methoxy groups -OCH3 is 1. The van der Waals surface area contributed by atoms with Gasteiger partial charge >= 0.3 is 0 Å². The molecule has 0 bridgehead atoms. The van der Waals surface area contributed by atoms with Gasteiger partial charge < -0.3 is 9.84 Å². The van der Waals surface area contributed by atoms with Gasteiger partial charge in [0.25, 0.3) is 0 Å². The van der Waals surface area contributed by atoms with E-state index in [-0.39, 0.29) is 0 Å². The van der Waals surface area contributed by atoms with Crippen LogP contribution in [0, 0.1) is 0 Å². The lowest BCUT2D eigenvalue weighted by atomic mass is 10.0. The fourth-order valence-electron chi connectivity index (χ4n) is 1.94. The molecule has 0 aliphatic carbocycles. The lowest BCUT2D eigenvalue weighted by molar-refractivity contribution is 0.174. The van der Waals surface area contributed by atoms with Gasteiger partial charge in [0.2, 0.25) is 0 Å². The Morgan fingerprint density at radius 3 is 2.68 bits per heavy atom. The molecule has 1 N–H and O–H groups in total. The van der Waals surface area contributed by atoms with E-state index >= 15 is 0 Å². The van der Waals surface area contributed by atoms with Crippen LogP contribution >= 0.6 is 27.5 Å². The van der Waals surface area contributed by atoms with Crippen LogP contribution in [0.2, 0.25) is 5.02 Å². The fraction of sp³-hybridized carbons (Fsp3) is 0.200. The van der Waals surface area contributed by atoms with E-state index in [2.05, 4.69) is 15.9 Å². The molecule has 0 heterocycles. The van der Waals surface area contributed by atoms with Crippen molar-refractivity contribution in [2.45, 2.75) is 12.5 Å². The first-order valence-electron chi connectivity index (χ1n) is 5.86. The number of ether oxygens (including phenoxy) is 1. The minimum atomic E-state index is -0.650. The summed E-state index contributed by atoms with van der Waals surface area (Å²) in [6, 6.07) is 13.1. The number of hydrogen-bond donors (Lipinski definition) is 1. The van der Waals surface area contributed by atoms with Crippen LogP contribution in [0.15, 0.2) is 46.9 Å². The van der Waals surface area contributed by atoms with Crippen LogP contribution in [0.4, 0.5) is 0 Å². The third kappa shape index (κ3) is 3.50. The molecule has 2 rings (SSSR count). The van der Waals surface area contributed by atoms with Crippen LogP contribution in [-0.4, -0.2) is 12.2 Å². The maximum atomic E-state index is 10.3. The van der Waals surface area contributed by atoms with Gasteiger partial charge in [0.15, 0.2) is 0 Å². The molecule has 0 spiro atoms. The molecule has 2 nitrogen and oxygen atoms in total. The molecule has 1 unspecified atom stereocenters. The number of halogens is 2. The first-order valence-corrected chi connectivity index (χ1v) is 7.04. The molecule has 0 fully saturated rings. The van der Waals surface area contributed by atoms with Gasteiger partial charge in [-0.05, 0) is 23.8 Å². The molecular weight excluding hydrogens is 328 g/mol. The zero-order valence-electron chi connectivity index (χ0n) is 10.4. The van der Waals surface area contributed by atoms with Gasteiger partial charge in [-0.2, -0.15) is 0 Å². The van der Waals surface area contributed by atoms with Crippen molar-refractivity contribution < 1.29 is 9.84 Å². The van der Waals surface area contributed by atoms with Crippen molar-refractivity contribution in [3.05, 3.63) is 63.1 Å². The highest BCUT2D eigenvalue weighted by atomic mass is 79.9. The van der Waals surface area contributed by atoms with E-state index in [1.807, 2.05) is 42.5 Å². The minimum Gasteiger partial charge on any atom is -0.496 e. The number of aliphatic hydroxyl groups is 1. The standard InChI is InChI=1S/C15H14BrClO2/c1-19-15-9-11(16)6-7-12(15)14(18)8-10-4-2-3-5-13(10)17/h2-7,9,14,18H,8H2,1H3. The minimum absolute atomic E-state index is 0.456. The molecule has 4 heteroatoms. The van der Waals surface area contributed by atoms with Crippen molar-refractivity contribution >= 4 is 27.5 Å². The van der Waals surface area contributed by atoms with Gasteiger partial charge in [0.1, 0.15) is 5.75 Å². The second-order valence-corrected chi connectivity index (χ2v) is 5.52. The Bertz CT molecular complexity index is 572. The van der Waals surface area contributed by atoms with Crippen molar-refractivity contribution in [2.75, 3.05) is 7.11 Å². The maximum absolute atomic E-state index is 10.3. The van der Waals surface area contributed by atoms with E-state index in [9.17, 15) is 5.11 Å². The number of benzene rings is 2. The summed E-state index contributed by atoms with van der Waals surface area (Å²) < 4.78 is 6.21. The largest absolute Gasteiger partial charge is 0.496 e. The quantitative estimate of drug-likeness (QED) is 0.894.